The van der Waals surface area contributed by atoms with Crippen LogP contribution in [0.1, 0.15) is 46.0 Å². The summed E-state index contributed by atoms with van der Waals surface area (Å²) in [6.07, 6.45) is 7.22. The molecule has 2 nitrogen and oxygen atoms in total. The van der Waals surface area contributed by atoms with E-state index < -0.39 is 0 Å². The third-order valence-corrected chi connectivity index (χ3v) is 3.59. The summed E-state index contributed by atoms with van der Waals surface area (Å²) in [6, 6.07) is 0.657. The van der Waals surface area contributed by atoms with E-state index in [1.54, 1.807) is 0 Å². The normalized spacial score (nSPS) is 31.4. The van der Waals surface area contributed by atoms with Gasteiger partial charge in [-0.1, -0.05) is 13.8 Å². The zero-order chi connectivity index (χ0) is 10.7. The molecule has 1 saturated heterocycles. The molecule has 0 aromatic rings. The van der Waals surface area contributed by atoms with Gasteiger partial charge in [-0.15, -0.1) is 0 Å². The molecule has 2 atom stereocenters. The molecule has 15 heavy (non-hydrogen) atoms. The first-order valence-electron chi connectivity index (χ1n) is 6.62. The van der Waals surface area contributed by atoms with Crippen LogP contribution < -0.4 is 5.32 Å². The predicted molar refractivity (Wildman–Crippen MR) is 62.9 cm³/mol. The first kappa shape index (κ1) is 11.4. The molecule has 2 heteroatoms. The van der Waals surface area contributed by atoms with Gasteiger partial charge in [-0.3, -0.25) is 0 Å². The Morgan fingerprint density at radius 1 is 1.27 bits per heavy atom. The second kappa shape index (κ2) is 5.31. The van der Waals surface area contributed by atoms with Crippen molar-refractivity contribution < 1.29 is 4.74 Å². The Balaban J connectivity index is 1.61. The van der Waals surface area contributed by atoms with E-state index in [0.29, 0.717) is 12.1 Å². The molecule has 0 aromatic heterocycles. The lowest BCUT2D eigenvalue weighted by Crippen LogP contribution is -2.38. The third kappa shape index (κ3) is 3.46. The second-order valence-electron chi connectivity index (χ2n) is 5.56. The number of nitrogens with one attached hydrogen (secondary N) is 1. The van der Waals surface area contributed by atoms with Crippen molar-refractivity contribution in [2.24, 2.45) is 11.8 Å². The summed E-state index contributed by atoms with van der Waals surface area (Å²) in [4.78, 5) is 0. The SMILES string of the molecule is CC(C)CCCNC1CCOC1C1CC1. The van der Waals surface area contributed by atoms with E-state index >= 15 is 0 Å². The van der Waals surface area contributed by atoms with Crippen LogP contribution in [0.5, 0.6) is 0 Å². The molecule has 2 aliphatic rings. The number of rotatable bonds is 6. The van der Waals surface area contributed by atoms with Crippen LogP contribution in [0.2, 0.25) is 0 Å². The molecular formula is C13H25NO. The minimum Gasteiger partial charge on any atom is -0.376 e. The first-order valence-corrected chi connectivity index (χ1v) is 6.62. The highest BCUT2D eigenvalue weighted by Gasteiger charge is 2.40. The maximum atomic E-state index is 5.81. The van der Waals surface area contributed by atoms with Crippen molar-refractivity contribution in [3.63, 3.8) is 0 Å². The summed E-state index contributed by atoms with van der Waals surface area (Å²) in [5.74, 6) is 1.72. The van der Waals surface area contributed by atoms with Gasteiger partial charge in [0.15, 0.2) is 0 Å². The van der Waals surface area contributed by atoms with Gasteiger partial charge in [0, 0.05) is 12.6 Å². The predicted octanol–water partition coefficient (Wildman–Crippen LogP) is 2.58. The molecule has 1 saturated carbocycles. The smallest absolute Gasteiger partial charge is 0.0756 e. The third-order valence-electron chi connectivity index (χ3n) is 3.59. The molecular weight excluding hydrogens is 186 g/mol. The fourth-order valence-electron chi connectivity index (χ4n) is 2.52. The zero-order valence-corrected chi connectivity index (χ0v) is 10.2. The molecule has 1 aliphatic heterocycles. The van der Waals surface area contributed by atoms with Crippen LogP contribution in [0.15, 0.2) is 0 Å². The van der Waals surface area contributed by atoms with Crippen LogP contribution in [-0.2, 0) is 4.74 Å². The van der Waals surface area contributed by atoms with Crippen molar-refractivity contribution >= 4 is 0 Å². The summed E-state index contributed by atoms with van der Waals surface area (Å²) in [5, 5.41) is 3.68. The van der Waals surface area contributed by atoms with Crippen LogP contribution in [0.25, 0.3) is 0 Å². The van der Waals surface area contributed by atoms with Crippen LogP contribution in [0.3, 0.4) is 0 Å². The summed E-state index contributed by atoms with van der Waals surface area (Å²) in [5.41, 5.74) is 0. The number of hydrogen-bond acceptors (Lipinski definition) is 2. The summed E-state index contributed by atoms with van der Waals surface area (Å²) < 4.78 is 5.81. The number of ether oxygens (including phenoxy) is 1. The van der Waals surface area contributed by atoms with E-state index in [1.807, 2.05) is 0 Å². The maximum Gasteiger partial charge on any atom is 0.0756 e. The van der Waals surface area contributed by atoms with Gasteiger partial charge in [0.25, 0.3) is 0 Å². The van der Waals surface area contributed by atoms with Crippen molar-refractivity contribution in [2.75, 3.05) is 13.2 Å². The van der Waals surface area contributed by atoms with Crippen molar-refractivity contribution in [3.05, 3.63) is 0 Å². The van der Waals surface area contributed by atoms with Gasteiger partial charge >= 0.3 is 0 Å². The summed E-state index contributed by atoms with van der Waals surface area (Å²) >= 11 is 0. The van der Waals surface area contributed by atoms with E-state index in [-0.39, 0.29) is 0 Å². The monoisotopic (exact) mass is 211 g/mol. The quantitative estimate of drug-likeness (QED) is 0.682. The molecule has 1 heterocycles. The van der Waals surface area contributed by atoms with E-state index in [0.717, 1.165) is 18.4 Å². The first-order chi connectivity index (χ1) is 7.27. The van der Waals surface area contributed by atoms with Gasteiger partial charge in [0.2, 0.25) is 0 Å². The van der Waals surface area contributed by atoms with Crippen molar-refractivity contribution in [1.82, 2.24) is 5.32 Å². The molecule has 88 valence electrons. The second-order valence-corrected chi connectivity index (χ2v) is 5.56. The van der Waals surface area contributed by atoms with E-state index in [4.69, 9.17) is 4.74 Å². The Morgan fingerprint density at radius 2 is 2.07 bits per heavy atom. The van der Waals surface area contributed by atoms with Crippen LogP contribution in [0.4, 0.5) is 0 Å². The highest BCUT2D eigenvalue weighted by atomic mass is 16.5. The lowest BCUT2D eigenvalue weighted by Gasteiger charge is -2.19. The van der Waals surface area contributed by atoms with Gasteiger partial charge in [0.1, 0.15) is 0 Å². The van der Waals surface area contributed by atoms with Gasteiger partial charge in [0.05, 0.1) is 6.10 Å². The average molecular weight is 211 g/mol. The molecule has 1 N–H and O–H groups in total. The van der Waals surface area contributed by atoms with Crippen molar-refractivity contribution in [1.29, 1.82) is 0 Å². The van der Waals surface area contributed by atoms with Crippen LogP contribution in [0, 0.1) is 11.8 Å². The molecule has 0 radical (unpaired) electrons. The largest absolute Gasteiger partial charge is 0.376 e. The van der Waals surface area contributed by atoms with Crippen molar-refractivity contribution in [3.8, 4) is 0 Å². The maximum absolute atomic E-state index is 5.81. The highest BCUT2D eigenvalue weighted by molar-refractivity contribution is 4.93. The van der Waals surface area contributed by atoms with E-state index in [9.17, 15) is 0 Å². The fourth-order valence-corrected chi connectivity index (χ4v) is 2.52. The highest BCUT2D eigenvalue weighted by Crippen LogP contribution is 2.38. The minimum absolute atomic E-state index is 0.545. The standard InChI is InChI=1S/C13H25NO/c1-10(2)4-3-8-14-12-7-9-15-13(12)11-5-6-11/h10-14H,3-9H2,1-2H3. The van der Waals surface area contributed by atoms with Crippen LogP contribution >= 0.6 is 0 Å². The molecule has 0 bridgehead atoms. The average Bonchev–Trinajstić information content (AvgIpc) is 2.93. The Morgan fingerprint density at radius 3 is 2.73 bits per heavy atom. The van der Waals surface area contributed by atoms with Crippen LogP contribution in [-0.4, -0.2) is 25.3 Å². The number of hydrogen-bond donors (Lipinski definition) is 1. The lowest BCUT2D eigenvalue weighted by molar-refractivity contribution is 0.0811. The molecule has 2 unspecified atom stereocenters. The van der Waals surface area contributed by atoms with Gasteiger partial charge in [-0.2, -0.15) is 0 Å². The fraction of sp³-hybridized carbons (Fsp3) is 1.00. The Labute approximate surface area is 93.8 Å². The summed E-state index contributed by atoms with van der Waals surface area (Å²) in [7, 11) is 0. The van der Waals surface area contributed by atoms with E-state index in [2.05, 4.69) is 19.2 Å². The zero-order valence-electron chi connectivity index (χ0n) is 10.2. The molecule has 1 aliphatic carbocycles. The Bertz CT molecular complexity index is 189. The molecule has 2 fully saturated rings. The molecule has 0 amide bonds. The van der Waals surface area contributed by atoms with Gasteiger partial charge in [-0.05, 0) is 50.5 Å². The molecule has 2 rings (SSSR count). The molecule has 0 spiro atoms. The Hall–Kier alpha value is -0.0800. The minimum atomic E-state index is 0.545. The van der Waals surface area contributed by atoms with Gasteiger partial charge in [-0.25, -0.2) is 0 Å². The lowest BCUT2D eigenvalue weighted by atomic mass is 10.1. The van der Waals surface area contributed by atoms with E-state index in [1.165, 1.54) is 38.6 Å². The van der Waals surface area contributed by atoms with Crippen molar-refractivity contribution in [2.45, 2.75) is 58.1 Å². The topological polar surface area (TPSA) is 21.3 Å². The molecule has 0 aromatic carbocycles. The van der Waals surface area contributed by atoms with Gasteiger partial charge < -0.3 is 10.1 Å². The summed E-state index contributed by atoms with van der Waals surface area (Å²) in [6.45, 7) is 6.75. The Kier molecular flexibility index (Phi) is 4.04.